The van der Waals surface area contributed by atoms with Crippen molar-refractivity contribution in [1.82, 2.24) is 0 Å². The number of hydrogen-bond donors (Lipinski definition) is 0. The van der Waals surface area contributed by atoms with Crippen LogP contribution in [-0.4, -0.2) is 33.2 Å². The van der Waals surface area contributed by atoms with Gasteiger partial charge in [-0.15, -0.1) is 0 Å². The quantitative estimate of drug-likeness (QED) is 0.532. The second kappa shape index (κ2) is 5.72. The predicted octanol–water partition coefficient (Wildman–Crippen LogP) is 0.148. The summed E-state index contributed by atoms with van der Waals surface area (Å²) in [6, 6.07) is 0. The molecule has 0 aliphatic carbocycles. The summed E-state index contributed by atoms with van der Waals surface area (Å²) in [5, 5.41) is 0. The highest BCUT2D eigenvalue weighted by molar-refractivity contribution is 5.56. The number of hydrogen-bond acceptors (Lipinski definition) is 3. The van der Waals surface area contributed by atoms with Crippen molar-refractivity contribution in [3.63, 3.8) is 0 Å². The number of methoxy groups -OCH3 is 2. The summed E-state index contributed by atoms with van der Waals surface area (Å²) in [6.45, 7) is 0.535. The van der Waals surface area contributed by atoms with Crippen molar-refractivity contribution < 1.29 is 14.3 Å². The van der Waals surface area contributed by atoms with Crippen molar-refractivity contribution in [2.45, 2.75) is 12.5 Å². The van der Waals surface area contributed by atoms with E-state index >= 15 is 0 Å². The van der Waals surface area contributed by atoms with E-state index in [1.807, 2.05) is 0 Å². The molecule has 1 unspecified atom stereocenters. The van der Waals surface area contributed by atoms with Gasteiger partial charge in [0.25, 0.3) is 0 Å². The molecule has 0 aromatic heterocycles. The average molecular weight is 131 g/mol. The molecule has 0 aromatic rings. The molecular formula is C6H11O3. The normalized spacial score (nSPS) is 13.1. The van der Waals surface area contributed by atoms with E-state index in [2.05, 4.69) is 0 Å². The number of carbonyl (C=O) groups excluding carboxylic acids is 1. The molecule has 0 aromatic carbocycles. The summed E-state index contributed by atoms with van der Waals surface area (Å²) in [5.41, 5.74) is 0. The highest BCUT2D eigenvalue weighted by atomic mass is 16.5. The molecule has 0 amide bonds. The van der Waals surface area contributed by atoms with Gasteiger partial charge in [-0.2, -0.15) is 0 Å². The van der Waals surface area contributed by atoms with E-state index in [0.717, 1.165) is 0 Å². The van der Waals surface area contributed by atoms with Crippen LogP contribution in [0.4, 0.5) is 0 Å². The molecule has 0 N–H and O–H groups in total. The Kier molecular flexibility index (Phi) is 5.46. The van der Waals surface area contributed by atoms with E-state index in [4.69, 9.17) is 9.47 Å². The van der Waals surface area contributed by atoms with E-state index < -0.39 is 6.10 Å². The first-order valence-electron chi connectivity index (χ1n) is 2.74. The number of ether oxygens (including phenoxy) is 2. The molecular weight excluding hydrogens is 120 g/mol. The van der Waals surface area contributed by atoms with E-state index in [0.29, 0.717) is 13.0 Å². The minimum absolute atomic E-state index is 0.426. The zero-order valence-corrected chi connectivity index (χ0v) is 5.72. The highest BCUT2D eigenvalue weighted by Crippen LogP contribution is 1.91. The minimum atomic E-state index is -0.426. The summed E-state index contributed by atoms with van der Waals surface area (Å²) in [4.78, 5) is 9.94. The van der Waals surface area contributed by atoms with Crippen LogP contribution in [0.5, 0.6) is 0 Å². The van der Waals surface area contributed by atoms with E-state index in [9.17, 15) is 4.79 Å². The molecule has 0 aliphatic rings. The maximum atomic E-state index is 9.94. The summed E-state index contributed by atoms with van der Waals surface area (Å²) >= 11 is 0. The molecule has 0 heterocycles. The Hall–Kier alpha value is -0.410. The molecule has 0 bridgehead atoms. The molecule has 3 heteroatoms. The van der Waals surface area contributed by atoms with Crippen LogP contribution in [0.25, 0.3) is 0 Å². The smallest absolute Gasteiger partial charge is 0.229 e. The SMILES string of the molecule is COCCC([C]=O)OC. The predicted molar refractivity (Wildman–Crippen MR) is 33.0 cm³/mol. The Balaban J connectivity index is 3.20. The molecule has 9 heavy (non-hydrogen) atoms. The fourth-order valence-electron chi connectivity index (χ4n) is 0.450. The lowest BCUT2D eigenvalue weighted by Gasteiger charge is -2.04. The largest absolute Gasteiger partial charge is 0.385 e. The van der Waals surface area contributed by atoms with Crippen LogP contribution >= 0.6 is 0 Å². The lowest BCUT2D eigenvalue weighted by molar-refractivity contribution is 0.105. The van der Waals surface area contributed by atoms with Crippen molar-refractivity contribution in [3.8, 4) is 0 Å². The first-order valence-corrected chi connectivity index (χ1v) is 2.74. The van der Waals surface area contributed by atoms with Gasteiger partial charge in [-0.1, -0.05) is 0 Å². The first-order chi connectivity index (χ1) is 4.35. The average Bonchev–Trinajstić information content (AvgIpc) is 1.91. The zero-order chi connectivity index (χ0) is 7.11. The summed E-state index contributed by atoms with van der Waals surface area (Å²) in [7, 11) is 3.06. The lowest BCUT2D eigenvalue weighted by atomic mass is 10.3. The summed E-state index contributed by atoms with van der Waals surface area (Å²) < 4.78 is 9.41. The summed E-state index contributed by atoms with van der Waals surface area (Å²) in [5.74, 6) is 0. The molecule has 1 radical (unpaired) electrons. The Labute approximate surface area is 55.0 Å². The maximum Gasteiger partial charge on any atom is 0.229 e. The Morgan fingerprint density at radius 1 is 1.56 bits per heavy atom. The third-order valence-corrected chi connectivity index (χ3v) is 1.00. The van der Waals surface area contributed by atoms with Gasteiger partial charge >= 0.3 is 0 Å². The fourth-order valence-corrected chi connectivity index (χ4v) is 0.450. The van der Waals surface area contributed by atoms with Gasteiger partial charge in [0, 0.05) is 27.2 Å². The Morgan fingerprint density at radius 3 is 2.56 bits per heavy atom. The van der Waals surface area contributed by atoms with Crippen LogP contribution in [0.2, 0.25) is 0 Å². The van der Waals surface area contributed by atoms with Crippen LogP contribution in [0, 0.1) is 0 Å². The second-order valence-corrected chi connectivity index (χ2v) is 1.62. The van der Waals surface area contributed by atoms with Crippen molar-refractivity contribution in [2.75, 3.05) is 20.8 Å². The van der Waals surface area contributed by atoms with Crippen molar-refractivity contribution in [2.24, 2.45) is 0 Å². The molecule has 0 saturated heterocycles. The Bertz CT molecular complexity index is 72.7. The van der Waals surface area contributed by atoms with Crippen molar-refractivity contribution in [3.05, 3.63) is 0 Å². The van der Waals surface area contributed by atoms with Gasteiger partial charge in [0.1, 0.15) is 6.10 Å². The van der Waals surface area contributed by atoms with E-state index in [-0.39, 0.29) is 0 Å². The standard InChI is InChI=1S/C6H11O3/c1-8-4-3-6(5-7)9-2/h6H,3-4H2,1-2H3. The van der Waals surface area contributed by atoms with E-state index in [1.165, 1.54) is 7.11 Å². The molecule has 0 saturated carbocycles. The third-order valence-electron chi connectivity index (χ3n) is 1.00. The van der Waals surface area contributed by atoms with Gasteiger partial charge in [-0.05, 0) is 0 Å². The zero-order valence-electron chi connectivity index (χ0n) is 5.72. The fraction of sp³-hybridized carbons (Fsp3) is 0.833. The summed E-state index contributed by atoms with van der Waals surface area (Å²) in [6.07, 6.45) is 1.89. The Morgan fingerprint density at radius 2 is 2.22 bits per heavy atom. The first kappa shape index (κ1) is 8.59. The van der Waals surface area contributed by atoms with Gasteiger partial charge in [-0.25, -0.2) is 0 Å². The van der Waals surface area contributed by atoms with Crippen LogP contribution in [0.3, 0.4) is 0 Å². The van der Waals surface area contributed by atoms with Crippen molar-refractivity contribution in [1.29, 1.82) is 0 Å². The molecule has 0 aliphatic heterocycles. The second-order valence-electron chi connectivity index (χ2n) is 1.62. The highest BCUT2D eigenvalue weighted by Gasteiger charge is 2.03. The molecule has 0 spiro atoms. The van der Waals surface area contributed by atoms with Crippen LogP contribution in [0.15, 0.2) is 0 Å². The topological polar surface area (TPSA) is 35.5 Å². The van der Waals surface area contributed by atoms with Crippen LogP contribution in [-0.2, 0) is 14.3 Å². The van der Waals surface area contributed by atoms with Gasteiger partial charge in [0.15, 0.2) is 0 Å². The molecule has 0 fully saturated rings. The van der Waals surface area contributed by atoms with Crippen molar-refractivity contribution >= 4 is 6.29 Å². The molecule has 0 rings (SSSR count). The van der Waals surface area contributed by atoms with Gasteiger partial charge in [0.2, 0.25) is 6.29 Å². The van der Waals surface area contributed by atoms with Gasteiger partial charge in [-0.3, -0.25) is 4.79 Å². The molecule has 53 valence electrons. The van der Waals surface area contributed by atoms with Crippen LogP contribution < -0.4 is 0 Å². The van der Waals surface area contributed by atoms with Crippen LogP contribution in [0.1, 0.15) is 6.42 Å². The molecule has 3 nitrogen and oxygen atoms in total. The number of rotatable bonds is 5. The maximum absolute atomic E-state index is 9.94. The van der Waals surface area contributed by atoms with E-state index in [1.54, 1.807) is 13.4 Å². The van der Waals surface area contributed by atoms with Gasteiger partial charge in [0.05, 0.1) is 0 Å². The minimum Gasteiger partial charge on any atom is -0.385 e. The van der Waals surface area contributed by atoms with Gasteiger partial charge < -0.3 is 9.47 Å². The lowest BCUT2D eigenvalue weighted by Crippen LogP contribution is -2.14. The monoisotopic (exact) mass is 131 g/mol. The molecule has 1 atom stereocenters. The third kappa shape index (κ3) is 4.12.